The summed E-state index contributed by atoms with van der Waals surface area (Å²) in [5, 5.41) is 1.02. The molecule has 0 saturated carbocycles. The van der Waals surface area contributed by atoms with E-state index in [1.54, 1.807) is 11.3 Å². The molecule has 0 saturated heterocycles. The molecule has 0 atom stereocenters. The predicted molar refractivity (Wildman–Crippen MR) is 71.8 cm³/mol. The van der Waals surface area contributed by atoms with Gasteiger partial charge in [0.15, 0.2) is 0 Å². The molecule has 0 N–H and O–H groups in total. The minimum absolute atomic E-state index is 1.02. The van der Waals surface area contributed by atoms with Gasteiger partial charge in [-0.15, -0.1) is 11.3 Å². The third-order valence-electron chi connectivity index (χ3n) is 2.51. The molecular weight excluding hydrogens is 226 g/mol. The van der Waals surface area contributed by atoms with Gasteiger partial charge in [0.25, 0.3) is 0 Å². The number of aromatic nitrogens is 1. The highest BCUT2D eigenvalue weighted by Gasteiger charge is 2.05. The number of benzene rings is 2. The van der Waals surface area contributed by atoms with Gasteiger partial charge in [-0.25, -0.2) is 4.98 Å². The van der Waals surface area contributed by atoms with Crippen molar-refractivity contribution in [3.8, 4) is 21.0 Å². The smallest absolute Gasteiger partial charge is 0.124 e. The van der Waals surface area contributed by atoms with Crippen LogP contribution in [0.1, 0.15) is 0 Å². The Bertz CT molecular complexity index is 545. The number of rotatable bonds is 2. The molecule has 1 radical (unpaired) electrons. The normalized spacial score (nSPS) is 10.4. The quantitative estimate of drug-likeness (QED) is 0.647. The van der Waals surface area contributed by atoms with Crippen LogP contribution < -0.4 is 0 Å². The largest absolute Gasteiger partial charge is 0.234 e. The first-order valence-corrected chi connectivity index (χ1v) is 6.24. The van der Waals surface area contributed by atoms with E-state index < -0.39 is 0 Å². The van der Waals surface area contributed by atoms with E-state index in [1.165, 1.54) is 5.56 Å². The van der Waals surface area contributed by atoms with Crippen LogP contribution in [0.4, 0.5) is 0 Å². The predicted octanol–water partition coefficient (Wildman–Crippen LogP) is 4.28. The van der Waals surface area contributed by atoms with E-state index >= 15 is 0 Å². The molecule has 1 heterocycles. The van der Waals surface area contributed by atoms with E-state index in [-0.39, 0.29) is 0 Å². The van der Waals surface area contributed by atoms with E-state index in [2.05, 4.69) is 35.4 Å². The fourth-order valence-electron chi connectivity index (χ4n) is 1.66. The summed E-state index contributed by atoms with van der Waals surface area (Å²) in [4.78, 5) is 5.44. The maximum Gasteiger partial charge on any atom is 0.124 e. The van der Waals surface area contributed by atoms with Crippen LogP contribution in [0, 0.1) is 6.20 Å². The lowest BCUT2D eigenvalue weighted by Gasteiger charge is -1.94. The zero-order chi connectivity index (χ0) is 11.5. The van der Waals surface area contributed by atoms with Crippen molar-refractivity contribution in [3.63, 3.8) is 0 Å². The maximum absolute atomic E-state index is 4.36. The number of hydrogen-bond donors (Lipinski definition) is 0. The maximum atomic E-state index is 4.36. The van der Waals surface area contributed by atoms with E-state index in [0.717, 1.165) is 15.4 Å². The molecule has 0 aliphatic heterocycles. The Balaban J connectivity index is 1.99. The molecule has 0 aliphatic rings. The highest BCUT2D eigenvalue weighted by Crippen LogP contribution is 2.31. The van der Waals surface area contributed by atoms with Crippen molar-refractivity contribution in [1.82, 2.24) is 4.98 Å². The number of hydrogen-bond acceptors (Lipinski definition) is 2. The Kier molecular flexibility index (Phi) is 2.72. The molecule has 2 aromatic carbocycles. The second-order valence-corrected chi connectivity index (χ2v) is 4.69. The summed E-state index contributed by atoms with van der Waals surface area (Å²) in [6, 6.07) is 20.5. The van der Waals surface area contributed by atoms with Gasteiger partial charge in [-0.1, -0.05) is 60.7 Å². The summed E-state index contributed by atoms with van der Waals surface area (Å²) in [6.45, 7) is 0. The van der Waals surface area contributed by atoms with Crippen molar-refractivity contribution in [1.29, 1.82) is 0 Å². The standard InChI is InChI=1S/C15H10NS/c1-3-7-12(8-4-1)14-11-16-15(17-14)13-9-5-2-6-10-13/h1-10H. The average Bonchev–Trinajstić information content (AvgIpc) is 2.90. The van der Waals surface area contributed by atoms with Crippen molar-refractivity contribution in [2.24, 2.45) is 0 Å². The van der Waals surface area contributed by atoms with Crippen LogP contribution in [0.25, 0.3) is 21.0 Å². The van der Waals surface area contributed by atoms with Crippen LogP contribution >= 0.6 is 11.3 Å². The molecule has 1 nitrogen and oxygen atoms in total. The van der Waals surface area contributed by atoms with Gasteiger partial charge >= 0.3 is 0 Å². The molecule has 0 bridgehead atoms. The molecule has 17 heavy (non-hydrogen) atoms. The van der Waals surface area contributed by atoms with Gasteiger partial charge in [-0.05, 0) is 5.56 Å². The van der Waals surface area contributed by atoms with Gasteiger partial charge in [0.1, 0.15) is 11.2 Å². The second-order valence-electron chi connectivity index (χ2n) is 3.69. The summed E-state index contributed by atoms with van der Waals surface area (Å²) in [6.07, 6.45) is 3.09. The van der Waals surface area contributed by atoms with Crippen LogP contribution in [0.3, 0.4) is 0 Å². The number of nitrogens with zero attached hydrogens (tertiary/aromatic N) is 1. The topological polar surface area (TPSA) is 12.9 Å². The highest BCUT2D eigenvalue weighted by molar-refractivity contribution is 7.18. The summed E-state index contributed by atoms with van der Waals surface area (Å²) in [5.74, 6) is 0. The van der Waals surface area contributed by atoms with Gasteiger partial charge in [-0.3, -0.25) is 0 Å². The first-order valence-electron chi connectivity index (χ1n) is 5.43. The molecule has 0 aliphatic carbocycles. The summed E-state index contributed by atoms with van der Waals surface area (Å²) in [5.41, 5.74) is 2.32. The molecule has 0 fully saturated rings. The number of thiazole rings is 1. The summed E-state index contributed by atoms with van der Waals surface area (Å²) < 4.78 is 0. The molecule has 1 aromatic heterocycles. The van der Waals surface area contributed by atoms with Crippen LogP contribution in [0.15, 0.2) is 60.7 Å². The zero-order valence-corrected chi connectivity index (χ0v) is 9.95. The molecule has 0 unspecified atom stereocenters. The Morgan fingerprint density at radius 2 is 1.35 bits per heavy atom. The molecule has 0 amide bonds. The Morgan fingerprint density at radius 1 is 0.765 bits per heavy atom. The highest BCUT2D eigenvalue weighted by atomic mass is 32.1. The van der Waals surface area contributed by atoms with Crippen molar-refractivity contribution < 1.29 is 0 Å². The van der Waals surface area contributed by atoms with Crippen LogP contribution in [-0.2, 0) is 0 Å². The van der Waals surface area contributed by atoms with Gasteiger partial charge in [0.2, 0.25) is 0 Å². The Hall–Kier alpha value is -1.93. The average molecular weight is 236 g/mol. The minimum Gasteiger partial charge on any atom is -0.234 e. The fraction of sp³-hybridized carbons (Fsp3) is 0. The fourth-order valence-corrected chi connectivity index (χ4v) is 2.54. The lowest BCUT2D eigenvalue weighted by atomic mass is 10.2. The Labute approximate surface area is 104 Å². The lowest BCUT2D eigenvalue weighted by molar-refractivity contribution is 1.40. The van der Waals surface area contributed by atoms with Crippen LogP contribution in [0.2, 0.25) is 0 Å². The third-order valence-corrected chi connectivity index (χ3v) is 3.57. The van der Waals surface area contributed by atoms with Crippen molar-refractivity contribution in [3.05, 3.63) is 66.9 Å². The van der Waals surface area contributed by atoms with Crippen LogP contribution in [0.5, 0.6) is 0 Å². The zero-order valence-electron chi connectivity index (χ0n) is 9.13. The summed E-state index contributed by atoms with van der Waals surface area (Å²) in [7, 11) is 0. The molecule has 3 rings (SSSR count). The molecule has 81 valence electrons. The lowest BCUT2D eigenvalue weighted by Crippen LogP contribution is -1.71. The van der Waals surface area contributed by atoms with E-state index in [0.29, 0.717) is 0 Å². The van der Waals surface area contributed by atoms with Gasteiger partial charge < -0.3 is 0 Å². The SMILES string of the molecule is [c]1nc(-c2ccccc2)sc1-c1ccccc1. The minimum atomic E-state index is 1.02. The molecule has 0 spiro atoms. The molecular formula is C15H10NS. The molecule has 3 aromatic rings. The van der Waals surface area contributed by atoms with Crippen molar-refractivity contribution in [2.45, 2.75) is 0 Å². The van der Waals surface area contributed by atoms with Crippen molar-refractivity contribution in [2.75, 3.05) is 0 Å². The van der Waals surface area contributed by atoms with Crippen molar-refractivity contribution >= 4 is 11.3 Å². The summed E-state index contributed by atoms with van der Waals surface area (Å²) >= 11 is 1.67. The third kappa shape index (κ3) is 2.12. The van der Waals surface area contributed by atoms with Gasteiger partial charge in [0.05, 0.1) is 4.88 Å². The van der Waals surface area contributed by atoms with Gasteiger partial charge in [-0.2, -0.15) is 0 Å². The second kappa shape index (κ2) is 4.52. The molecule has 2 heteroatoms. The Morgan fingerprint density at radius 3 is 2.00 bits per heavy atom. The first kappa shape index (κ1) is 10.2. The van der Waals surface area contributed by atoms with E-state index in [9.17, 15) is 0 Å². The van der Waals surface area contributed by atoms with Gasteiger partial charge in [0, 0.05) is 5.56 Å². The van der Waals surface area contributed by atoms with E-state index in [1.807, 2.05) is 36.4 Å². The monoisotopic (exact) mass is 236 g/mol. The van der Waals surface area contributed by atoms with E-state index in [4.69, 9.17) is 0 Å². The first-order chi connectivity index (χ1) is 8.43. The van der Waals surface area contributed by atoms with Crippen LogP contribution in [-0.4, -0.2) is 4.98 Å².